The van der Waals surface area contributed by atoms with Crippen molar-refractivity contribution < 1.29 is 14.4 Å². The summed E-state index contributed by atoms with van der Waals surface area (Å²) < 4.78 is 0. The van der Waals surface area contributed by atoms with Crippen LogP contribution in [0.25, 0.3) is 0 Å². The minimum atomic E-state index is -0.951. The van der Waals surface area contributed by atoms with Gasteiger partial charge in [0.2, 0.25) is 11.8 Å². The van der Waals surface area contributed by atoms with Crippen LogP contribution < -0.4 is 5.32 Å². The van der Waals surface area contributed by atoms with E-state index in [9.17, 15) is 14.4 Å². The standard InChI is InChI=1S/C16H18N2O3/c1-3-4-5-9-18-15(20)13(14(19)17-16(18)21)12-8-6-7-11(2)10-12/h3-4,6-8,10,13H,5,9H2,1-2H3,(H,17,19,21)/b4-3+. The zero-order valence-corrected chi connectivity index (χ0v) is 12.1. The van der Waals surface area contributed by atoms with Gasteiger partial charge in [-0.2, -0.15) is 0 Å². The van der Waals surface area contributed by atoms with Gasteiger partial charge in [-0.05, 0) is 25.8 Å². The number of benzene rings is 1. The molecule has 1 fully saturated rings. The Hall–Kier alpha value is -2.43. The van der Waals surface area contributed by atoms with Crippen LogP contribution in [0, 0.1) is 6.92 Å². The van der Waals surface area contributed by atoms with Gasteiger partial charge in [0.15, 0.2) is 0 Å². The topological polar surface area (TPSA) is 66.5 Å². The van der Waals surface area contributed by atoms with Crippen LogP contribution >= 0.6 is 0 Å². The number of urea groups is 1. The van der Waals surface area contributed by atoms with E-state index < -0.39 is 23.8 Å². The first-order valence-electron chi connectivity index (χ1n) is 6.88. The van der Waals surface area contributed by atoms with Crippen molar-refractivity contribution in [3.63, 3.8) is 0 Å². The van der Waals surface area contributed by atoms with Crippen molar-refractivity contribution in [1.29, 1.82) is 0 Å². The molecule has 1 aliphatic heterocycles. The van der Waals surface area contributed by atoms with Gasteiger partial charge in [0, 0.05) is 6.54 Å². The summed E-state index contributed by atoms with van der Waals surface area (Å²) in [6.45, 7) is 4.03. The maximum atomic E-state index is 12.5. The number of amides is 4. The average Bonchev–Trinajstić information content (AvgIpc) is 2.42. The zero-order valence-electron chi connectivity index (χ0n) is 12.1. The van der Waals surface area contributed by atoms with Gasteiger partial charge in [-0.15, -0.1) is 0 Å². The number of barbiturate groups is 1. The van der Waals surface area contributed by atoms with Gasteiger partial charge >= 0.3 is 6.03 Å². The fraction of sp³-hybridized carbons (Fsp3) is 0.312. The van der Waals surface area contributed by atoms with Gasteiger partial charge in [0.25, 0.3) is 0 Å². The molecule has 0 radical (unpaired) electrons. The molecule has 5 nitrogen and oxygen atoms in total. The van der Waals surface area contributed by atoms with Crippen LogP contribution in [0.2, 0.25) is 0 Å². The van der Waals surface area contributed by atoms with Crippen molar-refractivity contribution in [2.45, 2.75) is 26.2 Å². The maximum absolute atomic E-state index is 12.5. The second-order valence-electron chi connectivity index (χ2n) is 4.99. The highest BCUT2D eigenvalue weighted by molar-refractivity contribution is 6.19. The molecule has 2 rings (SSSR count). The molecule has 1 aliphatic rings. The molecule has 21 heavy (non-hydrogen) atoms. The van der Waals surface area contributed by atoms with Crippen molar-refractivity contribution in [3.05, 3.63) is 47.5 Å². The van der Waals surface area contributed by atoms with Gasteiger partial charge in [-0.25, -0.2) is 4.79 Å². The van der Waals surface area contributed by atoms with Crippen LogP contribution in [0.15, 0.2) is 36.4 Å². The Bertz CT molecular complexity index is 607. The lowest BCUT2D eigenvalue weighted by atomic mass is 9.94. The van der Waals surface area contributed by atoms with E-state index in [-0.39, 0.29) is 6.54 Å². The van der Waals surface area contributed by atoms with Crippen LogP contribution in [0.4, 0.5) is 4.79 Å². The van der Waals surface area contributed by atoms with E-state index in [0.717, 1.165) is 10.5 Å². The number of allylic oxidation sites excluding steroid dienone is 1. The number of aryl methyl sites for hydroxylation is 1. The van der Waals surface area contributed by atoms with E-state index in [1.165, 1.54) is 0 Å². The van der Waals surface area contributed by atoms with Gasteiger partial charge in [-0.3, -0.25) is 19.8 Å². The molecule has 0 bridgehead atoms. The molecular formula is C16H18N2O3. The third kappa shape index (κ3) is 3.18. The molecule has 110 valence electrons. The first-order chi connectivity index (χ1) is 10.0. The van der Waals surface area contributed by atoms with Crippen molar-refractivity contribution in [2.75, 3.05) is 6.54 Å². The third-order valence-electron chi connectivity index (χ3n) is 3.38. The lowest BCUT2D eigenvalue weighted by molar-refractivity contribution is -0.138. The van der Waals surface area contributed by atoms with Crippen LogP contribution in [-0.4, -0.2) is 29.3 Å². The molecule has 4 amide bonds. The smallest absolute Gasteiger partial charge is 0.277 e. The second kappa shape index (κ2) is 6.35. The number of rotatable bonds is 4. The highest BCUT2D eigenvalue weighted by Crippen LogP contribution is 2.23. The molecule has 1 heterocycles. The molecule has 0 aromatic heterocycles. The number of hydrogen-bond acceptors (Lipinski definition) is 3. The summed E-state index contributed by atoms with van der Waals surface area (Å²) >= 11 is 0. The molecule has 0 spiro atoms. The van der Waals surface area contributed by atoms with E-state index in [1.807, 2.05) is 32.1 Å². The SMILES string of the molecule is C/C=C/CCN1C(=O)NC(=O)C(c2cccc(C)c2)C1=O. The quantitative estimate of drug-likeness (QED) is 0.681. The number of imide groups is 2. The Kier molecular flexibility index (Phi) is 4.52. The number of carbonyl (C=O) groups is 3. The highest BCUT2D eigenvalue weighted by atomic mass is 16.2. The highest BCUT2D eigenvalue weighted by Gasteiger charge is 2.40. The lowest BCUT2D eigenvalue weighted by Gasteiger charge is -2.30. The van der Waals surface area contributed by atoms with Crippen LogP contribution in [0.1, 0.15) is 30.4 Å². The lowest BCUT2D eigenvalue weighted by Crippen LogP contribution is -2.56. The number of carbonyl (C=O) groups excluding carboxylic acids is 3. The Balaban J connectivity index is 2.26. The fourth-order valence-corrected chi connectivity index (χ4v) is 2.34. The van der Waals surface area contributed by atoms with Crippen molar-refractivity contribution >= 4 is 17.8 Å². The molecule has 1 saturated heterocycles. The maximum Gasteiger partial charge on any atom is 0.330 e. The molecule has 0 aliphatic carbocycles. The summed E-state index contributed by atoms with van der Waals surface area (Å²) in [4.78, 5) is 37.4. The first-order valence-corrected chi connectivity index (χ1v) is 6.88. The minimum Gasteiger partial charge on any atom is -0.277 e. The number of nitrogens with one attached hydrogen (secondary N) is 1. The van der Waals surface area contributed by atoms with Gasteiger partial charge in [-0.1, -0.05) is 42.0 Å². The van der Waals surface area contributed by atoms with Crippen molar-refractivity contribution in [1.82, 2.24) is 10.2 Å². The Morgan fingerprint density at radius 3 is 2.71 bits per heavy atom. The predicted molar refractivity (Wildman–Crippen MR) is 78.6 cm³/mol. The monoisotopic (exact) mass is 286 g/mol. The van der Waals surface area contributed by atoms with Crippen LogP contribution in [0.3, 0.4) is 0 Å². The first kappa shape index (κ1) is 15.0. The summed E-state index contributed by atoms with van der Waals surface area (Å²) in [5.74, 6) is -1.97. The average molecular weight is 286 g/mol. The fourth-order valence-electron chi connectivity index (χ4n) is 2.34. The molecule has 1 unspecified atom stereocenters. The Labute approximate surface area is 123 Å². The predicted octanol–water partition coefficient (Wildman–Crippen LogP) is 2.12. The van der Waals surface area contributed by atoms with E-state index in [2.05, 4.69) is 5.32 Å². The molecule has 1 atom stereocenters. The van der Waals surface area contributed by atoms with Crippen LogP contribution in [0.5, 0.6) is 0 Å². The second-order valence-corrected chi connectivity index (χ2v) is 4.99. The molecule has 5 heteroatoms. The van der Waals surface area contributed by atoms with Crippen LogP contribution in [-0.2, 0) is 9.59 Å². The summed E-state index contributed by atoms with van der Waals surface area (Å²) in [6, 6.07) is 6.57. The molecule has 1 N–H and O–H groups in total. The Morgan fingerprint density at radius 1 is 1.29 bits per heavy atom. The molecule has 1 aromatic rings. The minimum absolute atomic E-state index is 0.268. The summed E-state index contributed by atoms with van der Waals surface area (Å²) in [6.07, 6.45) is 4.30. The Morgan fingerprint density at radius 2 is 2.05 bits per heavy atom. The van der Waals surface area contributed by atoms with Crippen molar-refractivity contribution in [2.24, 2.45) is 0 Å². The third-order valence-corrected chi connectivity index (χ3v) is 3.38. The van der Waals surface area contributed by atoms with Gasteiger partial charge < -0.3 is 0 Å². The van der Waals surface area contributed by atoms with E-state index in [1.54, 1.807) is 18.2 Å². The zero-order chi connectivity index (χ0) is 15.4. The molecule has 0 saturated carbocycles. The summed E-state index contributed by atoms with van der Waals surface area (Å²) in [5, 5.41) is 2.26. The van der Waals surface area contributed by atoms with E-state index in [4.69, 9.17) is 0 Å². The summed E-state index contributed by atoms with van der Waals surface area (Å²) in [5.41, 5.74) is 1.58. The van der Waals surface area contributed by atoms with Gasteiger partial charge in [0.05, 0.1) is 0 Å². The summed E-state index contributed by atoms with van der Waals surface area (Å²) in [7, 11) is 0. The van der Waals surface area contributed by atoms with E-state index in [0.29, 0.717) is 12.0 Å². The number of nitrogens with zero attached hydrogens (tertiary/aromatic N) is 1. The largest absolute Gasteiger partial charge is 0.330 e. The normalized spacial score (nSPS) is 19.2. The van der Waals surface area contributed by atoms with Crippen molar-refractivity contribution in [3.8, 4) is 0 Å². The van der Waals surface area contributed by atoms with E-state index >= 15 is 0 Å². The molecule has 1 aromatic carbocycles. The molecular weight excluding hydrogens is 268 g/mol. The number of hydrogen-bond donors (Lipinski definition) is 1. The van der Waals surface area contributed by atoms with Gasteiger partial charge in [0.1, 0.15) is 5.92 Å².